The zero-order valence-corrected chi connectivity index (χ0v) is 16.2. The number of likely N-dealkylation sites (tertiary alicyclic amines) is 2. The molecule has 2 fully saturated rings. The van der Waals surface area contributed by atoms with Gasteiger partial charge in [0, 0.05) is 38.0 Å². The molecule has 3 heterocycles. The smallest absolute Gasteiger partial charge is 0.303 e. The quantitative estimate of drug-likeness (QED) is 0.682. The van der Waals surface area contributed by atoms with Crippen LogP contribution in [0.3, 0.4) is 0 Å². The summed E-state index contributed by atoms with van der Waals surface area (Å²) < 4.78 is 0. The molecule has 3 rings (SSSR count). The molecule has 2 aliphatic rings. The summed E-state index contributed by atoms with van der Waals surface area (Å²) in [6, 6.07) is 0. The molecule has 0 radical (unpaired) electrons. The zero-order valence-electron chi connectivity index (χ0n) is 15.4. The van der Waals surface area contributed by atoms with E-state index in [4.69, 9.17) is 15.0 Å². The Hall–Kier alpha value is -1.58. The zero-order chi connectivity index (χ0) is 19.2. The van der Waals surface area contributed by atoms with Gasteiger partial charge in [-0.3, -0.25) is 14.5 Å². The van der Waals surface area contributed by atoms with E-state index < -0.39 is 5.97 Å². The van der Waals surface area contributed by atoms with Crippen LogP contribution in [0.15, 0.2) is 0 Å². The van der Waals surface area contributed by atoms with Crippen LogP contribution in [0.1, 0.15) is 36.2 Å². The molecule has 0 saturated carbocycles. The van der Waals surface area contributed by atoms with E-state index in [1.165, 1.54) is 0 Å². The highest BCUT2D eigenvalue weighted by Gasteiger charge is 2.51. The fraction of sp³-hybridized carbons (Fsp3) is 0.765. The highest BCUT2D eigenvalue weighted by atomic mass is 32.1. The minimum atomic E-state index is -0.676. The molecule has 2 aliphatic heterocycles. The van der Waals surface area contributed by atoms with Crippen molar-refractivity contribution in [2.75, 3.05) is 32.7 Å². The second-order valence-electron chi connectivity index (χ2n) is 7.18. The van der Waals surface area contributed by atoms with Crippen molar-refractivity contribution in [1.82, 2.24) is 20.0 Å². The molecule has 1 aromatic heterocycles. The number of rotatable bonds is 7. The van der Waals surface area contributed by atoms with Crippen LogP contribution in [-0.2, 0) is 16.1 Å². The van der Waals surface area contributed by atoms with Crippen LogP contribution in [0, 0.1) is 18.3 Å². The van der Waals surface area contributed by atoms with Crippen LogP contribution in [0.5, 0.6) is 0 Å². The number of fused-ring (bicyclic) bond motifs is 1. The second-order valence-corrected chi connectivity index (χ2v) is 8.44. The lowest BCUT2D eigenvalue weighted by Crippen LogP contribution is -2.35. The van der Waals surface area contributed by atoms with Gasteiger partial charge in [-0.2, -0.15) is 0 Å². The molecule has 8 nitrogen and oxygen atoms in total. The Morgan fingerprint density at radius 3 is 2.58 bits per heavy atom. The molecule has 26 heavy (non-hydrogen) atoms. The van der Waals surface area contributed by atoms with E-state index in [0.717, 1.165) is 62.1 Å². The second kappa shape index (κ2) is 9.38. The van der Waals surface area contributed by atoms with Gasteiger partial charge >= 0.3 is 5.97 Å². The number of hydrogen-bond donors (Lipinski definition) is 2. The number of aromatic nitrogens is 2. The predicted molar refractivity (Wildman–Crippen MR) is 98.1 cm³/mol. The third-order valence-corrected chi connectivity index (χ3v) is 6.03. The summed E-state index contributed by atoms with van der Waals surface area (Å²) in [5.41, 5.74) is 0.146. The van der Waals surface area contributed by atoms with Crippen molar-refractivity contribution >= 4 is 23.8 Å². The molecule has 0 amide bonds. The van der Waals surface area contributed by atoms with Crippen LogP contribution >= 0.6 is 11.3 Å². The first kappa shape index (κ1) is 20.7. The van der Waals surface area contributed by atoms with E-state index in [0.29, 0.717) is 5.92 Å². The predicted octanol–water partition coefficient (Wildman–Crippen LogP) is 1.56. The van der Waals surface area contributed by atoms with Crippen molar-refractivity contribution in [3.63, 3.8) is 0 Å². The van der Waals surface area contributed by atoms with Gasteiger partial charge in [-0.05, 0) is 32.2 Å². The summed E-state index contributed by atoms with van der Waals surface area (Å²) in [5.74, 6) is -0.0901. The molecule has 0 aliphatic carbocycles. The number of nitrogens with zero attached hydrogens (tertiary/aromatic N) is 4. The van der Waals surface area contributed by atoms with E-state index >= 15 is 0 Å². The molecular formula is C17H28N4O4S. The van der Waals surface area contributed by atoms with E-state index in [-0.39, 0.29) is 18.3 Å². The first-order valence-corrected chi connectivity index (χ1v) is 9.77. The average Bonchev–Trinajstić information content (AvgIpc) is 3.19. The van der Waals surface area contributed by atoms with Gasteiger partial charge in [-0.25, -0.2) is 0 Å². The first-order chi connectivity index (χ1) is 12.4. The Labute approximate surface area is 157 Å². The topological polar surface area (TPSA) is 107 Å². The maximum absolute atomic E-state index is 11.1. The SMILES string of the molecule is CCCN1CC2CN(Cc3nnc(C)s3)CC2(CCC(=O)O)C1.O=CO. The van der Waals surface area contributed by atoms with Gasteiger partial charge in [-0.1, -0.05) is 6.92 Å². The summed E-state index contributed by atoms with van der Waals surface area (Å²) >= 11 is 1.66. The lowest BCUT2D eigenvalue weighted by molar-refractivity contribution is -0.137. The van der Waals surface area contributed by atoms with Crippen molar-refractivity contribution in [3.8, 4) is 0 Å². The Morgan fingerprint density at radius 1 is 1.35 bits per heavy atom. The molecule has 2 N–H and O–H groups in total. The van der Waals surface area contributed by atoms with E-state index in [2.05, 4.69) is 26.9 Å². The molecule has 0 spiro atoms. The van der Waals surface area contributed by atoms with Crippen LogP contribution in [0.4, 0.5) is 0 Å². The Kier molecular flexibility index (Phi) is 7.48. The van der Waals surface area contributed by atoms with Gasteiger partial charge in [0.25, 0.3) is 6.47 Å². The third kappa shape index (κ3) is 5.21. The van der Waals surface area contributed by atoms with Crippen LogP contribution < -0.4 is 0 Å². The summed E-state index contributed by atoms with van der Waals surface area (Å²) in [5, 5.41) is 26.4. The van der Waals surface area contributed by atoms with Crippen LogP contribution in [0.2, 0.25) is 0 Å². The van der Waals surface area contributed by atoms with Crippen molar-refractivity contribution in [1.29, 1.82) is 0 Å². The number of carbonyl (C=O) groups is 2. The number of hydrogen-bond acceptors (Lipinski definition) is 7. The van der Waals surface area contributed by atoms with E-state index in [1.54, 1.807) is 11.3 Å². The molecule has 9 heteroatoms. The monoisotopic (exact) mass is 384 g/mol. The van der Waals surface area contributed by atoms with Gasteiger partial charge in [0.15, 0.2) is 0 Å². The standard InChI is InChI=1S/C16H26N4O2S.CH2O2/c1-3-6-19-7-13-8-20(9-14-18-17-12(2)23-14)11-16(13,10-19)5-4-15(21)22;2-1-3/h13H,3-11H2,1-2H3,(H,21,22);1H,(H,2,3). The van der Waals surface area contributed by atoms with Gasteiger partial charge in [0.1, 0.15) is 10.0 Å². The molecule has 0 aromatic carbocycles. The van der Waals surface area contributed by atoms with Crippen molar-refractivity contribution < 1.29 is 19.8 Å². The summed E-state index contributed by atoms with van der Waals surface area (Å²) in [6.45, 7) is 10.1. The summed E-state index contributed by atoms with van der Waals surface area (Å²) in [6.07, 6.45) is 2.23. The fourth-order valence-electron chi connectivity index (χ4n) is 4.31. The Balaban J connectivity index is 0.000000758. The summed E-state index contributed by atoms with van der Waals surface area (Å²) in [7, 11) is 0. The third-order valence-electron chi connectivity index (χ3n) is 5.20. The lowest BCUT2D eigenvalue weighted by atomic mass is 9.77. The largest absolute Gasteiger partial charge is 0.483 e. The molecular weight excluding hydrogens is 356 g/mol. The highest BCUT2D eigenvalue weighted by Crippen LogP contribution is 2.46. The van der Waals surface area contributed by atoms with Gasteiger partial charge in [0.2, 0.25) is 0 Å². The molecule has 146 valence electrons. The average molecular weight is 385 g/mol. The number of aliphatic carboxylic acids is 1. The number of aryl methyl sites for hydroxylation is 1. The van der Waals surface area contributed by atoms with Crippen LogP contribution in [0.25, 0.3) is 0 Å². The molecule has 1 aromatic rings. The van der Waals surface area contributed by atoms with E-state index in [9.17, 15) is 4.79 Å². The maximum atomic E-state index is 11.1. The first-order valence-electron chi connectivity index (χ1n) is 8.95. The summed E-state index contributed by atoms with van der Waals surface area (Å²) in [4.78, 5) is 24.4. The van der Waals surface area contributed by atoms with Gasteiger partial charge in [0.05, 0.1) is 6.54 Å². The molecule has 2 unspecified atom stereocenters. The Bertz CT molecular complexity index is 611. The number of carboxylic acids is 1. The lowest BCUT2D eigenvalue weighted by Gasteiger charge is -2.29. The van der Waals surface area contributed by atoms with Crippen molar-refractivity contribution in [2.24, 2.45) is 11.3 Å². The molecule has 2 atom stereocenters. The van der Waals surface area contributed by atoms with Gasteiger partial charge in [-0.15, -0.1) is 21.5 Å². The van der Waals surface area contributed by atoms with Crippen molar-refractivity contribution in [3.05, 3.63) is 10.0 Å². The highest BCUT2D eigenvalue weighted by molar-refractivity contribution is 7.11. The fourth-order valence-corrected chi connectivity index (χ4v) is 5.07. The van der Waals surface area contributed by atoms with E-state index in [1.807, 2.05) is 6.92 Å². The minimum absolute atomic E-state index is 0.146. The van der Waals surface area contributed by atoms with Crippen LogP contribution in [-0.4, -0.2) is 75.4 Å². The minimum Gasteiger partial charge on any atom is -0.483 e. The maximum Gasteiger partial charge on any atom is 0.303 e. The molecule has 0 bridgehead atoms. The molecule has 2 saturated heterocycles. The van der Waals surface area contributed by atoms with Crippen molar-refractivity contribution in [2.45, 2.75) is 39.7 Å². The normalized spacial score (nSPS) is 25.5. The Morgan fingerprint density at radius 2 is 2.00 bits per heavy atom. The van der Waals surface area contributed by atoms with Gasteiger partial charge < -0.3 is 15.1 Å². The number of carboxylic acid groups (broad SMARTS) is 2.